The summed E-state index contributed by atoms with van der Waals surface area (Å²) >= 11 is 0. The van der Waals surface area contributed by atoms with Crippen molar-refractivity contribution in [2.75, 3.05) is 39.6 Å². The van der Waals surface area contributed by atoms with Gasteiger partial charge in [-0.05, 0) is 148 Å². The minimum atomic E-state index is -4.94. The van der Waals surface area contributed by atoms with Gasteiger partial charge in [-0.2, -0.15) is 0 Å². The van der Waals surface area contributed by atoms with E-state index in [-0.39, 0.29) is 19.3 Å². The maximum Gasteiger partial charge on any atom is 0.472 e. The molecule has 18 heteroatoms. The number of aliphatic hydroxyl groups is 2. The summed E-state index contributed by atoms with van der Waals surface area (Å²) in [5.74, 6) is -1.60. The Morgan fingerprint density at radius 3 is 0.771 bits per heavy atom. The Hall–Kier alpha value is -4.83. The Balaban J connectivity index is 4.52. The van der Waals surface area contributed by atoms with Crippen LogP contribution in [0.5, 0.6) is 0 Å². The molecule has 624 valence electrons. The molecule has 0 saturated carbocycles. The fourth-order valence-electron chi connectivity index (χ4n) is 11.3. The number of hydrogen-bond acceptors (Lipinski definition) is 14. The Kier molecular flexibility index (Phi) is 79.0. The summed E-state index contributed by atoms with van der Waals surface area (Å²) in [5, 5.41) is 20.7. The molecule has 0 aliphatic heterocycles. The summed E-state index contributed by atoms with van der Waals surface area (Å²) in [6.07, 6.45) is 104. The molecule has 0 heterocycles. The second kappa shape index (κ2) is 82.6. The van der Waals surface area contributed by atoms with E-state index in [9.17, 15) is 43.5 Å². The van der Waals surface area contributed by atoms with Gasteiger partial charge in [-0.3, -0.25) is 32.5 Å². The first-order chi connectivity index (χ1) is 53.2. The van der Waals surface area contributed by atoms with Crippen molar-refractivity contribution >= 4 is 33.6 Å². The zero-order valence-electron chi connectivity index (χ0n) is 68.4. The number of aliphatic hydroxyl groups excluding tert-OH is 2. The number of allylic oxidation sites excluding steroid dienone is 26. The molecule has 4 N–H and O–H groups in total. The summed E-state index contributed by atoms with van der Waals surface area (Å²) in [5.41, 5.74) is 0. The van der Waals surface area contributed by atoms with Crippen LogP contribution in [0.2, 0.25) is 0 Å². The minimum absolute atomic E-state index is 0.0831. The van der Waals surface area contributed by atoms with Gasteiger partial charge >= 0.3 is 33.6 Å². The summed E-state index contributed by atoms with van der Waals surface area (Å²) in [4.78, 5) is 58.8. The van der Waals surface area contributed by atoms with Gasteiger partial charge in [0.05, 0.1) is 26.4 Å². The molecule has 0 aromatic carbocycles. The third-order valence-corrected chi connectivity index (χ3v) is 19.6. The molecule has 0 aromatic heterocycles. The molecule has 16 nitrogen and oxygen atoms in total. The molecule has 0 rings (SSSR count). The van der Waals surface area contributed by atoms with Crippen LogP contribution in [-0.2, 0) is 55.8 Å². The monoisotopic (exact) mass is 1570 g/mol. The van der Waals surface area contributed by atoms with Gasteiger partial charge in [0.1, 0.15) is 25.4 Å². The zero-order chi connectivity index (χ0) is 79.4. The van der Waals surface area contributed by atoms with Crippen molar-refractivity contribution in [2.45, 2.75) is 360 Å². The van der Waals surface area contributed by atoms with Crippen LogP contribution in [0.15, 0.2) is 158 Å². The standard InChI is InChI=1S/C91H154O16P2/c1-4-7-10-13-16-19-22-25-28-30-32-34-36-38-40-41-42-43-45-47-48-50-52-54-57-59-62-65-68-71-74-77-89(94)101-80-86(92)81-103-108(97,98)104-82-87(93)83-105-109(99,100)106-85-88(107-91(96)79-76-73-70-67-64-61-56-27-24-21-18-15-12-9-6-3)84-102-90(95)78-75-72-69-66-63-60-58-55-53-51-49-46-44-39-37-35-33-31-29-26-23-20-17-14-11-8-5-2/h7-8,10-11,16-21,25-29,32-35,38-40,44,49,51,56,86-88,92-93H,4-6,9,12-15,22-24,30-31,36-37,41-43,45-48,50,52-55,57-85H2,1-3H3,(H,97,98)(H,99,100)/b10-7-,11-8-,19-16-,20-17-,21-18-,28-25-,29-26-,34-32-,35-33-,40-38-,44-39-,51-49-,56-27-. The van der Waals surface area contributed by atoms with Crippen molar-refractivity contribution in [1.82, 2.24) is 0 Å². The molecule has 0 amide bonds. The molecular weight excluding hydrogens is 1410 g/mol. The highest BCUT2D eigenvalue weighted by atomic mass is 31.2. The average Bonchev–Trinajstić information content (AvgIpc) is 0.904. The first kappa shape index (κ1) is 104. The number of hydrogen-bond donors (Lipinski definition) is 4. The second-order valence-corrected chi connectivity index (χ2v) is 31.1. The van der Waals surface area contributed by atoms with Gasteiger partial charge in [-0.15, -0.1) is 0 Å². The predicted octanol–water partition coefficient (Wildman–Crippen LogP) is 25.8. The molecular formula is C91H154O16P2. The molecule has 0 radical (unpaired) electrons. The summed E-state index contributed by atoms with van der Waals surface area (Å²) < 4.78 is 61.3. The maximum atomic E-state index is 13.0. The molecule has 0 aromatic rings. The van der Waals surface area contributed by atoms with Crippen LogP contribution in [0, 0.1) is 0 Å². The molecule has 0 aliphatic carbocycles. The van der Waals surface area contributed by atoms with Gasteiger partial charge in [0.2, 0.25) is 0 Å². The summed E-state index contributed by atoms with van der Waals surface area (Å²) in [7, 11) is -9.81. The second-order valence-electron chi connectivity index (χ2n) is 28.2. The molecule has 0 aliphatic rings. The Morgan fingerprint density at radius 1 is 0.266 bits per heavy atom. The molecule has 5 unspecified atom stereocenters. The number of rotatable bonds is 80. The molecule has 5 atom stereocenters. The Morgan fingerprint density at radius 2 is 0.486 bits per heavy atom. The number of esters is 3. The number of unbranched alkanes of at least 4 members (excludes halogenated alkanes) is 31. The lowest BCUT2D eigenvalue weighted by Gasteiger charge is -2.21. The lowest BCUT2D eigenvalue weighted by atomic mass is 10.0. The van der Waals surface area contributed by atoms with Crippen LogP contribution in [-0.4, -0.2) is 95.9 Å². The average molecular weight is 1570 g/mol. The lowest BCUT2D eigenvalue weighted by molar-refractivity contribution is -0.161. The highest BCUT2D eigenvalue weighted by molar-refractivity contribution is 7.47. The van der Waals surface area contributed by atoms with Gasteiger partial charge in [-0.1, -0.05) is 333 Å². The smallest absolute Gasteiger partial charge is 0.463 e. The van der Waals surface area contributed by atoms with Gasteiger partial charge < -0.3 is 34.2 Å². The van der Waals surface area contributed by atoms with E-state index in [0.717, 1.165) is 173 Å². The highest BCUT2D eigenvalue weighted by Gasteiger charge is 2.29. The van der Waals surface area contributed by atoms with Crippen LogP contribution < -0.4 is 0 Å². The van der Waals surface area contributed by atoms with E-state index in [4.69, 9.17) is 32.3 Å². The lowest BCUT2D eigenvalue weighted by Crippen LogP contribution is -2.30. The Bertz CT molecular complexity index is 2610. The predicted molar refractivity (Wildman–Crippen MR) is 454 cm³/mol. The third kappa shape index (κ3) is 83.9. The Labute approximate surface area is 663 Å². The normalized spacial score (nSPS) is 14.7. The highest BCUT2D eigenvalue weighted by Crippen LogP contribution is 2.45. The summed E-state index contributed by atoms with van der Waals surface area (Å²) in [6, 6.07) is 0. The van der Waals surface area contributed by atoms with Crippen LogP contribution in [0.25, 0.3) is 0 Å². The largest absolute Gasteiger partial charge is 0.472 e. The number of carbonyl (C=O) groups is 3. The van der Waals surface area contributed by atoms with E-state index in [1.54, 1.807) is 0 Å². The topological polar surface area (TPSA) is 231 Å². The van der Waals surface area contributed by atoms with Crippen molar-refractivity contribution in [3.05, 3.63) is 158 Å². The van der Waals surface area contributed by atoms with Crippen LogP contribution in [0.1, 0.15) is 342 Å². The minimum Gasteiger partial charge on any atom is -0.463 e. The van der Waals surface area contributed by atoms with E-state index >= 15 is 0 Å². The molecule has 0 fully saturated rings. The molecule has 0 bridgehead atoms. The van der Waals surface area contributed by atoms with Crippen molar-refractivity contribution < 1.29 is 75.8 Å². The maximum absolute atomic E-state index is 13.0. The number of carbonyl (C=O) groups excluding carboxylic acids is 3. The van der Waals surface area contributed by atoms with Gasteiger partial charge in [0.25, 0.3) is 0 Å². The first-order valence-electron chi connectivity index (χ1n) is 42.8. The zero-order valence-corrected chi connectivity index (χ0v) is 70.2. The van der Waals surface area contributed by atoms with E-state index in [1.165, 1.54) is 109 Å². The number of phosphoric acid groups is 2. The van der Waals surface area contributed by atoms with Gasteiger partial charge in [0.15, 0.2) is 6.10 Å². The van der Waals surface area contributed by atoms with Crippen molar-refractivity contribution in [3.8, 4) is 0 Å². The number of ether oxygens (including phenoxy) is 3. The SMILES string of the molecule is CC/C=C\C/C=C\C/C=C\C/C=C\C/C=C\C/C=C\CCCCCCCCCCC(=O)OCC(COP(=O)(O)OCC(O)COP(=O)(O)OCC(O)COC(=O)CCCCCCCCCCCCCCCCC/C=C\C/C=C\C/C=C\C/C=C\C/C=C\CC)OC(=O)CCCCCCC/C=C\C/C=C\CCCCC. The quantitative estimate of drug-likeness (QED) is 0.0146. The number of phosphoric ester groups is 2. The molecule has 0 saturated heterocycles. The third-order valence-electron chi connectivity index (χ3n) is 17.7. The molecule has 109 heavy (non-hydrogen) atoms. The fraction of sp³-hybridized carbons (Fsp3) is 0.681. The van der Waals surface area contributed by atoms with E-state index in [1.807, 2.05) is 0 Å². The van der Waals surface area contributed by atoms with Gasteiger partial charge in [0, 0.05) is 19.3 Å². The van der Waals surface area contributed by atoms with Crippen molar-refractivity contribution in [1.29, 1.82) is 0 Å². The van der Waals surface area contributed by atoms with Crippen molar-refractivity contribution in [3.63, 3.8) is 0 Å². The van der Waals surface area contributed by atoms with Crippen LogP contribution in [0.4, 0.5) is 0 Å². The van der Waals surface area contributed by atoms with Crippen LogP contribution in [0.3, 0.4) is 0 Å². The summed E-state index contributed by atoms with van der Waals surface area (Å²) in [6.45, 7) is 2.42. The van der Waals surface area contributed by atoms with Gasteiger partial charge in [-0.25, -0.2) is 9.13 Å². The van der Waals surface area contributed by atoms with E-state index in [0.29, 0.717) is 19.3 Å². The van der Waals surface area contributed by atoms with E-state index in [2.05, 4.69) is 179 Å². The van der Waals surface area contributed by atoms with Crippen molar-refractivity contribution in [2.24, 2.45) is 0 Å². The molecule has 0 spiro atoms. The first-order valence-corrected chi connectivity index (χ1v) is 45.8. The van der Waals surface area contributed by atoms with Crippen LogP contribution >= 0.6 is 15.6 Å². The van der Waals surface area contributed by atoms with E-state index < -0.39 is 91.5 Å². The fourth-order valence-corrected chi connectivity index (χ4v) is 12.9.